The second-order valence-electron chi connectivity index (χ2n) is 8.34. The molecule has 1 aliphatic heterocycles. The van der Waals surface area contributed by atoms with Crippen molar-refractivity contribution in [2.24, 2.45) is 5.92 Å². The number of hydrogen-bond donors (Lipinski definition) is 3. The Morgan fingerprint density at radius 2 is 1.71 bits per heavy atom. The van der Waals surface area contributed by atoms with Crippen molar-refractivity contribution in [3.63, 3.8) is 0 Å². The van der Waals surface area contributed by atoms with Crippen LogP contribution in [0.4, 0.5) is 17.2 Å². The molecule has 9 heteroatoms. The smallest absolute Gasteiger partial charge is 0.257 e. The van der Waals surface area contributed by atoms with Crippen LogP contribution in [0.15, 0.2) is 72.9 Å². The number of carbonyl (C=O) groups excluding carboxylic acids is 3. The molecule has 0 spiro atoms. The van der Waals surface area contributed by atoms with Crippen molar-refractivity contribution in [1.82, 2.24) is 9.88 Å². The first-order chi connectivity index (χ1) is 17.0. The van der Waals surface area contributed by atoms with Gasteiger partial charge in [0.25, 0.3) is 5.91 Å². The van der Waals surface area contributed by atoms with Crippen molar-refractivity contribution < 1.29 is 14.4 Å². The summed E-state index contributed by atoms with van der Waals surface area (Å²) in [5, 5.41) is 9.00. The topological polar surface area (TPSA) is 103 Å². The number of aromatic nitrogens is 1. The molecule has 3 aromatic rings. The van der Waals surface area contributed by atoms with Crippen LogP contribution >= 0.6 is 11.6 Å². The van der Waals surface area contributed by atoms with E-state index in [1.807, 2.05) is 23.1 Å². The van der Waals surface area contributed by atoms with E-state index in [4.69, 9.17) is 11.6 Å². The minimum absolute atomic E-state index is 0.123. The molecule has 0 radical (unpaired) electrons. The largest absolute Gasteiger partial charge is 0.324 e. The molecule has 2 heterocycles. The van der Waals surface area contributed by atoms with Gasteiger partial charge in [-0.15, -0.1) is 0 Å². The van der Waals surface area contributed by atoms with Crippen LogP contribution in [0.2, 0.25) is 5.02 Å². The van der Waals surface area contributed by atoms with E-state index in [9.17, 15) is 14.4 Å². The van der Waals surface area contributed by atoms with Crippen molar-refractivity contribution in [1.29, 1.82) is 0 Å². The SMILES string of the molecule is O=C(CN1CCCC(C(=O)Nc2ccc(Cl)cn2)C1)Nc1ccccc1C(=O)Nc1ccccc1. The number of rotatable bonds is 7. The van der Waals surface area contributed by atoms with E-state index < -0.39 is 0 Å². The van der Waals surface area contributed by atoms with Crippen LogP contribution in [0, 0.1) is 5.92 Å². The van der Waals surface area contributed by atoms with Gasteiger partial charge in [-0.3, -0.25) is 19.3 Å². The standard InChI is InChI=1S/C26H26ClN5O3/c27-19-12-13-23(28-15-19)31-25(34)18-7-6-14-32(16-18)17-24(33)30-22-11-5-4-10-21(22)26(35)29-20-8-2-1-3-9-20/h1-5,8-13,15,18H,6-7,14,16-17H2,(H,29,35)(H,30,33)(H,28,31,34). The quantitative estimate of drug-likeness (QED) is 0.458. The average Bonchev–Trinajstić information content (AvgIpc) is 2.86. The van der Waals surface area contributed by atoms with Crippen LogP contribution in [0.1, 0.15) is 23.2 Å². The molecule has 1 unspecified atom stereocenters. The number of benzene rings is 2. The van der Waals surface area contributed by atoms with E-state index in [1.54, 1.807) is 48.5 Å². The maximum absolute atomic E-state index is 12.8. The lowest BCUT2D eigenvalue weighted by Gasteiger charge is -2.31. The van der Waals surface area contributed by atoms with Crippen molar-refractivity contribution in [2.75, 3.05) is 35.6 Å². The zero-order valence-electron chi connectivity index (χ0n) is 19.0. The summed E-state index contributed by atoms with van der Waals surface area (Å²) in [6.07, 6.45) is 3.02. The number of carbonyl (C=O) groups is 3. The van der Waals surface area contributed by atoms with Crippen molar-refractivity contribution in [3.05, 3.63) is 83.5 Å². The maximum Gasteiger partial charge on any atom is 0.257 e. The second-order valence-corrected chi connectivity index (χ2v) is 8.78. The summed E-state index contributed by atoms with van der Waals surface area (Å²) in [5.74, 6) is -0.492. The van der Waals surface area contributed by atoms with Gasteiger partial charge in [0.05, 0.1) is 28.7 Å². The van der Waals surface area contributed by atoms with E-state index in [1.165, 1.54) is 6.20 Å². The monoisotopic (exact) mass is 491 g/mol. The Balaban J connectivity index is 1.33. The van der Waals surface area contributed by atoms with Crippen molar-refractivity contribution in [2.45, 2.75) is 12.8 Å². The molecule has 0 bridgehead atoms. The fourth-order valence-corrected chi connectivity index (χ4v) is 4.11. The molecule has 1 atom stereocenters. The number of likely N-dealkylation sites (tertiary alicyclic amines) is 1. The molecule has 180 valence electrons. The second kappa shape index (κ2) is 11.6. The highest BCUT2D eigenvalue weighted by Crippen LogP contribution is 2.20. The fourth-order valence-electron chi connectivity index (χ4n) is 3.99. The van der Waals surface area contributed by atoms with Gasteiger partial charge in [-0.05, 0) is 55.8 Å². The molecule has 35 heavy (non-hydrogen) atoms. The summed E-state index contributed by atoms with van der Waals surface area (Å²) in [7, 11) is 0. The summed E-state index contributed by atoms with van der Waals surface area (Å²) in [5.41, 5.74) is 1.48. The Hall–Kier alpha value is -3.75. The van der Waals surface area contributed by atoms with Gasteiger partial charge in [-0.25, -0.2) is 4.98 Å². The molecule has 2 aromatic carbocycles. The van der Waals surface area contributed by atoms with E-state index in [0.717, 1.165) is 12.8 Å². The third kappa shape index (κ3) is 6.88. The van der Waals surface area contributed by atoms with Crippen LogP contribution in [0.3, 0.4) is 0 Å². The number of anilines is 3. The number of hydrogen-bond acceptors (Lipinski definition) is 5. The Morgan fingerprint density at radius 3 is 2.49 bits per heavy atom. The molecule has 0 aliphatic carbocycles. The molecule has 3 amide bonds. The van der Waals surface area contributed by atoms with Gasteiger partial charge in [-0.2, -0.15) is 0 Å². The number of halogens is 1. The minimum atomic E-state index is -0.308. The third-order valence-electron chi connectivity index (χ3n) is 5.70. The molecule has 8 nitrogen and oxygen atoms in total. The first-order valence-electron chi connectivity index (χ1n) is 11.4. The van der Waals surface area contributed by atoms with Crippen LogP contribution < -0.4 is 16.0 Å². The van der Waals surface area contributed by atoms with Gasteiger partial charge in [0, 0.05) is 18.4 Å². The molecule has 3 N–H and O–H groups in total. The minimum Gasteiger partial charge on any atom is -0.324 e. The van der Waals surface area contributed by atoms with Crippen LogP contribution in [0.25, 0.3) is 0 Å². The maximum atomic E-state index is 12.8. The highest BCUT2D eigenvalue weighted by atomic mass is 35.5. The highest BCUT2D eigenvalue weighted by Gasteiger charge is 2.27. The fraction of sp³-hybridized carbons (Fsp3) is 0.231. The summed E-state index contributed by atoms with van der Waals surface area (Å²) < 4.78 is 0. The first-order valence-corrected chi connectivity index (χ1v) is 11.8. The molecule has 1 fully saturated rings. The number of amides is 3. The van der Waals surface area contributed by atoms with Gasteiger partial charge in [-0.1, -0.05) is 41.9 Å². The van der Waals surface area contributed by atoms with Gasteiger partial charge in [0.1, 0.15) is 5.82 Å². The zero-order valence-corrected chi connectivity index (χ0v) is 19.8. The third-order valence-corrected chi connectivity index (χ3v) is 5.92. The van der Waals surface area contributed by atoms with Gasteiger partial charge >= 0.3 is 0 Å². The molecule has 4 rings (SSSR count). The number of nitrogens with one attached hydrogen (secondary N) is 3. The predicted octanol–water partition coefficient (Wildman–Crippen LogP) is 4.28. The predicted molar refractivity (Wildman–Crippen MR) is 137 cm³/mol. The molecular formula is C26H26ClN5O3. The van der Waals surface area contributed by atoms with Crippen molar-refractivity contribution in [3.8, 4) is 0 Å². The van der Waals surface area contributed by atoms with Crippen LogP contribution in [0.5, 0.6) is 0 Å². The number of piperidine rings is 1. The number of para-hydroxylation sites is 2. The summed E-state index contributed by atoms with van der Waals surface area (Å²) >= 11 is 5.84. The molecule has 1 aliphatic rings. The lowest BCUT2D eigenvalue weighted by molar-refractivity contribution is -0.123. The summed E-state index contributed by atoms with van der Waals surface area (Å²) in [6.45, 7) is 1.30. The molecule has 1 aromatic heterocycles. The number of pyridine rings is 1. The van der Waals surface area contributed by atoms with Crippen LogP contribution in [-0.4, -0.2) is 47.2 Å². The van der Waals surface area contributed by atoms with Gasteiger partial charge < -0.3 is 16.0 Å². The van der Waals surface area contributed by atoms with E-state index >= 15 is 0 Å². The molecule has 0 saturated carbocycles. The van der Waals surface area contributed by atoms with Crippen molar-refractivity contribution >= 4 is 46.5 Å². The normalized spacial score (nSPS) is 15.7. The van der Waals surface area contributed by atoms with E-state index in [-0.39, 0.29) is 30.2 Å². The van der Waals surface area contributed by atoms with E-state index in [2.05, 4.69) is 20.9 Å². The Labute approximate surface area is 208 Å². The summed E-state index contributed by atoms with van der Waals surface area (Å²) in [6, 6.07) is 19.3. The lowest BCUT2D eigenvalue weighted by Crippen LogP contribution is -2.44. The first kappa shape index (κ1) is 24.4. The van der Waals surface area contributed by atoms with Gasteiger partial charge in [0.2, 0.25) is 11.8 Å². The average molecular weight is 492 g/mol. The molecule has 1 saturated heterocycles. The van der Waals surface area contributed by atoms with E-state index in [0.29, 0.717) is 40.9 Å². The lowest BCUT2D eigenvalue weighted by atomic mass is 9.97. The highest BCUT2D eigenvalue weighted by molar-refractivity contribution is 6.30. The zero-order chi connectivity index (χ0) is 24.6. The Bertz CT molecular complexity index is 1190. The number of nitrogens with zero attached hydrogens (tertiary/aromatic N) is 2. The summed E-state index contributed by atoms with van der Waals surface area (Å²) in [4.78, 5) is 44.3. The van der Waals surface area contributed by atoms with Gasteiger partial charge in [0.15, 0.2) is 0 Å². The Kier molecular flexibility index (Phi) is 8.07. The molecular weight excluding hydrogens is 466 g/mol. The Morgan fingerprint density at radius 1 is 0.943 bits per heavy atom. The van der Waals surface area contributed by atoms with Crippen LogP contribution in [-0.2, 0) is 9.59 Å².